The zero-order valence-corrected chi connectivity index (χ0v) is 20.4. The van der Waals surface area contributed by atoms with E-state index >= 15 is 0 Å². The van der Waals surface area contributed by atoms with Gasteiger partial charge in [0.15, 0.2) is 6.73 Å². The molecule has 1 fully saturated rings. The van der Waals surface area contributed by atoms with E-state index in [4.69, 9.17) is 9.47 Å². The molecule has 0 unspecified atom stereocenters. The highest BCUT2D eigenvalue weighted by Crippen LogP contribution is 2.33. The Morgan fingerprint density at radius 3 is 2.49 bits per heavy atom. The van der Waals surface area contributed by atoms with Crippen molar-refractivity contribution in [1.29, 1.82) is 0 Å². The first-order valence-corrected chi connectivity index (χ1v) is 13.3. The largest absolute Gasteiger partial charge is 0.490 e. The molecule has 2 aromatic carbocycles. The summed E-state index contributed by atoms with van der Waals surface area (Å²) in [4.78, 5) is 19.2. The molecule has 1 aliphatic carbocycles. The van der Waals surface area contributed by atoms with E-state index in [2.05, 4.69) is 9.71 Å². The Hall–Kier alpha value is -3.43. The second-order valence-corrected chi connectivity index (χ2v) is 10.3. The van der Waals surface area contributed by atoms with Crippen molar-refractivity contribution >= 4 is 27.3 Å². The molecule has 1 heterocycles. The molecule has 0 saturated heterocycles. The molecular formula is C26H29N3O5S. The topological polar surface area (TPSA) is 97.8 Å². The zero-order chi connectivity index (χ0) is 24.7. The molecule has 1 N–H and O–H groups in total. The minimum atomic E-state index is -3.35. The maximum Gasteiger partial charge on any atom is 0.264 e. The Kier molecular flexibility index (Phi) is 7.99. The van der Waals surface area contributed by atoms with Crippen molar-refractivity contribution in [2.24, 2.45) is 0 Å². The fourth-order valence-electron chi connectivity index (χ4n) is 3.89. The minimum absolute atomic E-state index is 0.0236. The minimum Gasteiger partial charge on any atom is -0.490 e. The number of hydrogen-bond donors (Lipinski definition) is 1. The third-order valence-electron chi connectivity index (χ3n) is 5.78. The molecule has 0 atom stereocenters. The van der Waals surface area contributed by atoms with Crippen molar-refractivity contribution in [2.75, 3.05) is 17.4 Å². The lowest BCUT2D eigenvalue weighted by Gasteiger charge is -2.24. The maximum atomic E-state index is 13.5. The van der Waals surface area contributed by atoms with Crippen LogP contribution in [0, 0.1) is 0 Å². The summed E-state index contributed by atoms with van der Waals surface area (Å²) >= 11 is 0. The maximum absolute atomic E-state index is 13.5. The second kappa shape index (κ2) is 11.3. The first-order chi connectivity index (χ1) is 16.9. The van der Waals surface area contributed by atoms with Crippen molar-refractivity contribution in [2.45, 2.75) is 38.7 Å². The molecule has 1 aliphatic rings. The normalized spacial score (nSPS) is 14.0. The third kappa shape index (κ3) is 6.58. The van der Waals surface area contributed by atoms with Crippen LogP contribution in [-0.4, -0.2) is 37.9 Å². The Morgan fingerprint density at radius 1 is 1.03 bits per heavy atom. The molecule has 9 heteroatoms. The van der Waals surface area contributed by atoms with E-state index in [1.807, 2.05) is 24.3 Å². The summed E-state index contributed by atoms with van der Waals surface area (Å²) in [6, 6.07) is 17.8. The van der Waals surface area contributed by atoms with Gasteiger partial charge in [0.2, 0.25) is 10.0 Å². The van der Waals surface area contributed by atoms with Gasteiger partial charge in [0.1, 0.15) is 11.5 Å². The van der Waals surface area contributed by atoms with Crippen LogP contribution in [0.15, 0.2) is 73.1 Å². The van der Waals surface area contributed by atoms with E-state index in [1.54, 1.807) is 54.4 Å². The van der Waals surface area contributed by atoms with Gasteiger partial charge in [-0.1, -0.05) is 6.07 Å². The predicted molar refractivity (Wildman–Crippen MR) is 135 cm³/mol. The summed E-state index contributed by atoms with van der Waals surface area (Å²) in [5, 5.41) is 0. The van der Waals surface area contributed by atoms with E-state index in [9.17, 15) is 13.2 Å². The SMILES string of the molecule is CCS(=O)(=O)NCOc1ccc(N(C(=O)c2cccnc2)c2cccc(OC3CCCC3)c2)cc1. The van der Waals surface area contributed by atoms with Gasteiger partial charge in [-0.3, -0.25) is 14.7 Å². The van der Waals surface area contributed by atoms with Crippen LogP contribution >= 0.6 is 0 Å². The third-order valence-corrected chi connectivity index (χ3v) is 7.10. The monoisotopic (exact) mass is 495 g/mol. The van der Waals surface area contributed by atoms with Crippen LogP contribution in [0.1, 0.15) is 43.0 Å². The van der Waals surface area contributed by atoms with Gasteiger partial charge < -0.3 is 9.47 Å². The average Bonchev–Trinajstić information content (AvgIpc) is 3.39. The fraction of sp³-hybridized carbons (Fsp3) is 0.308. The van der Waals surface area contributed by atoms with Crippen molar-refractivity contribution in [3.8, 4) is 11.5 Å². The molecule has 3 aromatic rings. The van der Waals surface area contributed by atoms with Gasteiger partial charge >= 0.3 is 0 Å². The van der Waals surface area contributed by atoms with Crippen LogP contribution in [0.2, 0.25) is 0 Å². The van der Waals surface area contributed by atoms with Crippen LogP contribution in [0.4, 0.5) is 11.4 Å². The number of carbonyl (C=O) groups is 1. The molecular weight excluding hydrogens is 466 g/mol. The van der Waals surface area contributed by atoms with Crippen molar-refractivity contribution in [1.82, 2.24) is 9.71 Å². The standard InChI is InChI=1S/C26H29N3O5S/c1-2-35(31,32)28-19-33-23-14-12-21(13-15-23)29(26(30)20-7-6-16-27-18-20)22-8-5-11-25(17-22)34-24-9-3-4-10-24/h5-8,11-18,24,28H,2-4,9-10,19H2,1H3. The number of nitrogens with one attached hydrogen (secondary N) is 1. The Labute approximate surface area is 206 Å². The van der Waals surface area contributed by atoms with E-state index in [0.29, 0.717) is 22.7 Å². The number of nitrogens with zero attached hydrogens (tertiary/aromatic N) is 2. The lowest BCUT2D eigenvalue weighted by atomic mass is 10.1. The highest BCUT2D eigenvalue weighted by Gasteiger charge is 2.22. The van der Waals surface area contributed by atoms with Gasteiger partial charge in [-0.15, -0.1) is 0 Å². The second-order valence-electron chi connectivity index (χ2n) is 8.23. The van der Waals surface area contributed by atoms with E-state index in [0.717, 1.165) is 18.6 Å². The Bertz CT molecular complexity index is 1230. The first kappa shape index (κ1) is 24.7. The molecule has 1 aromatic heterocycles. The molecule has 8 nitrogen and oxygen atoms in total. The summed E-state index contributed by atoms with van der Waals surface area (Å²) in [5.41, 5.74) is 1.74. The molecule has 1 saturated carbocycles. The fourth-order valence-corrected chi connectivity index (χ4v) is 4.34. The number of hydrogen-bond acceptors (Lipinski definition) is 6. The van der Waals surface area contributed by atoms with Gasteiger partial charge in [-0.2, -0.15) is 4.72 Å². The number of benzene rings is 2. The van der Waals surface area contributed by atoms with Gasteiger partial charge in [0.05, 0.1) is 23.1 Å². The van der Waals surface area contributed by atoms with Crippen LogP contribution < -0.4 is 19.1 Å². The number of pyridine rings is 1. The van der Waals surface area contributed by atoms with Gasteiger partial charge in [-0.05, 0) is 81.1 Å². The number of sulfonamides is 1. The van der Waals surface area contributed by atoms with Gasteiger partial charge in [0.25, 0.3) is 5.91 Å². The van der Waals surface area contributed by atoms with E-state index in [1.165, 1.54) is 19.0 Å². The Balaban J connectivity index is 1.58. The van der Waals surface area contributed by atoms with E-state index in [-0.39, 0.29) is 24.5 Å². The summed E-state index contributed by atoms with van der Waals surface area (Å²) in [7, 11) is -3.35. The highest BCUT2D eigenvalue weighted by atomic mass is 32.2. The highest BCUT2D eigenvalue weighted by molar-refractivity contribution is 7.89. The van der Waals surface area contributed by atoms with Crippen LogP contribution in [0.25, 0.3) is 0 Å². The molecule has 0 bridgehead atoms. The van der Waals surface area contributed by atoms with Crippen LogP contribution in [-0.2, 0) is 10.0 Å². The molecule has 4 rings (SSSR count). The molecule has 35 heavy (non-hydrogen) atoms. The Morgan fingerprint density at radius 2 is 1.80 bits per heavy atom. The summed E-state index contributed by atoms with van der Waals surface area (Å²) in [6.07, 6.45) is 7.78. The number of ether oxygens (including phenoxy) is 2. The van der Waals surface area contributed by atoms with E-state index < -0.39 is 10.0 Å². The number of amides is 1. The summed E-state index contributed by atoms with van der Waals surface area (Å²) in [6.45, 7) is 1.38. The first-order valence-electron chi connectivity index (χ1n) is 11.7. The van der Waals surface area contributed by atoms with Crippen molar-refractivity contribution in [3.63, 3.8) is 0 Å². The average molecular weight is 496 g/mol. The van der Waals surface area contributed by atoms with Crippen molar-refractivity contribution in [3.05, 3.63) is 78.6 Å². The summed E-state index contributed by atoms with van der Waals surface area (Å²) in [5.74, 6) is 0.936. The number of anilines is 2. The lowest BCUT2D eigenvalue weighted by Crippen LogP contribution is -2.29. The molecule has 184 valence electrons. The number of rotatable bonds is 10. The number of carbonyl (C=O) groups excluding carboxylic acids is 1. The molecule has 0 radical (unpaired) electrons. The number of aromatic nitrogens is 1. The predicted octanol–water partition coefficient (Wildman–Crippen LogP) is 4.66. The molecule has 1 amide bonds. The lowest BCUT2D eigenvalue weighted by molar-refractivity contribution is 0.0999. The van der Waals surface area contributed by atoms with Gasteiger partial charge in [0, 0.05) is 24.1 Å². The molecule has 0 aliphatic heterocycles. The van der Waals surface area contributed by atoms with Crippen LogP contribution in [0.5, 0.6) is 11.5 Å². The van der Waals surface area contributed by atoms with Crippen LogP contribution in [0.3, 0.4) is 0 Å². The van der Waals surface area contributed by atoms with Gasteiger partial charge in [-0.25, -0.2) is 8.42 Å². The zero-order valence-electron chi connectivity index (χ0n) is 19.6. The summed E-state index contributed by atoms with van der Waals surface area (Å²) < 4.78 is 37.2. The smallest absolute Gasteiger partial charge is 0.264 e. The van der Waals surface area contributed by atoms with Crippen molar-refractivity contribution < 1.29 is 22.7 Å². The quantitative estimate of drug-likeness (QED) is 0.411. The molecule has 0 spiro atoms.